The van der Waals surface area contributed by atoms with Gasteiger partial charge in [0.25, 0.3) is 0 Å². The molecule has 2 nitrogen and oxygen atoms in total. The van der Waals surface area contributed by atoms with Crippen molar-refractivity contribution in [3.8, 4) is 0 Å². The Morgan fingerprint density at radius 3 is 2.38 bits per heavy atom. The van der Waals surface area contributed by atoms with Gasteiger partial charge < -0.3 is 10.8 Å². The van der Waals surface area contributed by atoms with E-state index in [2.05, 4.69) is 0 Å². The predicted molar refractivity (Wildman–Crippen MR) is 27.9 cm³/mol. The third-order valence-electron chi connectivity index (χ3n) is 1.40. The zero-order valence-electron chi connectivity index (χ0n) is 4.60. The number of rotatable bonds is 2. The summed E-state index contributed by atoms with van der Waals surface area (Å²) in [5.74, 6) is 0. The standard InChI is InChI=1S/C5H10FNO/c6-4(7)3-5(8)1-2-5/h4,8H,1-3,7H2/t4-/m0/s1. The summed E-state index contributed by atoms with van der Waals surface area (Å²) in [5, 5.41) is 8.98. The topological polar surface area (TPSA) is 46.2 Å². The van der Waals surface area contributed by atoms with Crippen molar-refractivity contribution in [2.75, 3.05) is 0 Å². The Labute approximate surface area is 47.5 Å². The number of hydrogen-bond donors (Lipinski definition) is 2. The smallest absolute Gasteiger partial charge is 0.151 e. The zero-order valence-corrected chi connectivity index (χ0v) is 4.60. The second-order valence-corrected chi connectivity index (χ2v) is 2.44. The Balaban J connectivity index is 2.19. The lowest BCUT2D eigenvalue weighted by Crippen LogP contribution is -2.22. The van der Waals surface area contributed by atoms with Gasteiger partial charge in [0, 0.05) is 6.42 Å². The average Bonchev–Trinajstić information content (AvgIpc) is 2.17. The van der Waals surface area contributed by atoms with Crippen LogP contribution in [0, 0.1) is 0 Å². The van der Waals surface area contributed by atoms with Gasteiger partial charge in [-0.15, -0.1) is 0 Å². The van der Waals surface area contributed by atoms with Crippen LogP contribution in [-0.2, 0) is 0 Å². The van der Waals surface area contributed by atoms with E-state index in [4.69, 9.17) is 10.8 Å². The van der Waals surface area contributed by atoms with Gasteiger partial charge in [-0.1, -0.05) is 0 Å². The lowest BCUT2D eigenvalue weighted by Gasteiger charge is -2.05. The quantitative estimate of drug-likeness (QED) is 0.508. The minimum absolute atomic E-state index is 0.104. The molecule has 48 valence electrons. The van der Waals surface area contributed by atoms with Crippen molar-refractivity contribution in [3.05, 3.63) is 0 Å². The van der Waals surface area contributed by atoms with Crippen LogP contribution in [0.5, 0.6) is 0 Å². The Morgan fingerprint density at radius 2 is 2.25 bits per heavy atom. The Morgan fingerprint density at radius 1 is 1.75 bits per heavy atom. The van der Waals surface area contributed by atoms with E-state index in [9.17, 15) is 4.39 Å². The average molecular weight is 119 g/mol. The molecule has 0 heterocycles. The third kappa shape index (κ3) is 1.42. The summed E-state index contributed by atoms with van der Waals surface area (Å²) in [6.45, 7) is 0. The van der Waals surface area contributed by atoms with E-state index >= 15 is 0 Å². The van der Waals surface area contributed by atoms with Gasteiger partial charge in [0.1, 0.15) is 0 Å². The first kappa shape index (κ1) is 5.98. The van der Waals surface area contributed by atoms with Gasteiger partial charge >= 0.3 is 0 Å². The maximum absolute atomic E-state index is 11.9. The van der Waals surface area contributed by atoms with E-state index in [1.165, 1.54) is 0 Å². The highest BCUT2D eigenvalue weighted by Gasteiger charge is 2.41. The summed E-state index contributed by atoms with van der Waals surface area (Å²) in [6, 6.07) is 0. The molecule has 0 aromatic heterocycles. The maximum atomic E-state index is 11.9. The van der Waals surface area contributed by atoms with Crippen LogP contribution >= 0.6 is 0 Å². The summed E-state index contributed by atoms with van der Waals surface area (Å²) >= 11 is 0. The largest absolute Gasteiger partial charge is 0.390 e. The summed E-state index contributed by atoms with van der Waals surface area (Å²) in [6.07, 6.45) is 0.185. The fraction of sp³-hybridized carbons (Fsp3) is 1.00. The molecule has 0 aliphatic heterocycles. The number of alkyl halides is 1. The predicted octanol–water partition coefficient (Wildman–Crippen LogP) is 0.156. The maximum Gasteiger partial charge on any atom is 0.151 e. The molecular weight excluding hydrogens is 109 g/mol. The second kappa shape index (κ2) is 1.67. The molecule has 1 aliphatic carbocycles. The molecule has 0 unspecified atom stereocenters. The molecule has 0 radical (unpaired) electrons. The molecule has 0 aromatic rings. The number of halogens is 1. The van der Waals surface area contributed by atoms with Gasteiger partial charge in [0.05, 0.1) is 5.60 Å². The summed E-state index contributed by atoms with van der Waals surface area (Å²) in [7, 11) is 0. The van der Waals surface area contributed by atoms with Crippen molar-refractivity contribution in [3.63, 3.8) is 0 Å². The minimum atomic E-state index is -1.34. The van der Waals surface area contributed by atoms with Gasteiger partial charge in [-0.25, -0.2) is 4.39 Å². The van der Waals surface area contributed by atoms with Gasteiger partial charge in [-0.05, 0) is 12.8 Å². The molecule has 0 bridgehead atoms. The summed E-state index contributed by atoms with van der Waals surface area (Å²) < 4.78 is 11.9. The van der Waals surface area contributed by atoms with E-state index in [0.29, 0.717) is 12.8 Å². The van der Waals surface area contributed by atoms with Crippen molar-refractivity contribution >= 4 is 0 Å². The van der Waals surface area contributed by atoms with Crippen LogP contribution in [0.3, 0.4) is 0 Å². The first-order valence-corrected chi connectivity index (χ1v) is 2.74. The monoisotopic (exact) mass is 119 g/mol. The highest BCUT2D eigenvalue weighted by atomic mass is 19.1. The Bertz CT molecular complexity index is 90.4. The first-order valence-electron chi connectivity index (χ1n) is 2.74. The second-order valence-electron chi connectivity index (χ2n) is 2.44. The van der Waals surface area contributed by atoms with E-state index in [1.54, 1.807) is 0 Å². The summed E-state index contributed by atoms with van der Waals surface area (Å²) in [5.41, 5.74) is 4.06. The van der Waals surface area contributed by atoms with Crippen molar-refractivity contribution in [2.24, 2.45) is 5.73 Å². The van der Waals surface area contributed by atoms with Gasteiger partial charge in [0.15, 0.2) is 6.30 Å². The van der Waals surface area contributed by atoms with Crippen molar-refractivity contribution in [1.29, 1.82) is 0 Å². The van der Waals surface area contributed by atoms with Crippen LogP contribution < -0.4 is 5.73 Å². The number of hydrogen-bond acceptors (Lipinski definition) is 2. The van der Waals surface area contributed by atoms with E-state index < -0.39 is 11.9 Å². The molecule has 0 saturated heterocycles. The van der Waals surface area contributed by atoms with Crippen LogP contribution in [0.1, 0.15) is 19.3 Å². The highest BCUT2D eigenvalue weighted by molar-refractivity contribution is 4.93. The summed E-state index contributed by atoms with van der Waals surface area (Å²) in [4.78, 5) is 0. The lowest BCUT2D eigenvalue weighted by molar-refractivity contribution is 0.106. The molecule has 0 spiro atoms. The number of nitrogens with two attached hydrogens (primary N) is 1. The Hall–Kier alpha value is -0.150. The fourth-order valence-corrected chi connectivity index (χ4v) is 0.711. The number of aliphatic hydroxyl groups is 1. The van der Waals surface area contributed by atoms with Crippen LogP contribution in [0.15, 0.2) is 0 Å². The highest BCUT2D eigenvalue weighted by Crippen LogP contribution is 2.38. The van der Waals surface area contributed by atoms with Gasteiger partial charge in [0.2, 0.25) is 0 Å². The van der Waals surface area contributed by atoms with Crippen molar-refractivity contribution in [1.82, 2.24) is 0 Å². The molecular formula is C5H10FNO. The molecule has 0 aromatic carbocycles. The molecule has 1 rings (SSSR count). The van der Waals surface area contributed by atoms with Crippen LogP contribution in [-0.4, -0.2) is 17.0 Å². The van der Waals surface area contributed by atoms with Crippen LogP contribution in [0.2, 0.25) is 0 Å². The lowest BCUT2D eigenvalue weighted by atomic mass is 10.2. The molecule has 1 saturated carbocycles. The van der Waals surface area contributed by atoms with E-state index in [0.717, 1.165) is 0 Å². The van der Waals surface area contributed by atoms with Crippen LogP contribution in [0.4, 0.5) is 4.39 Å². The molecule has 0 amide bonds. The first-order chi connectivity index (χ1) is 3.62. The van der Waals surface area contributed by atoms with Crippen molar-refractivity contribution in [2.45, 2.75) is 31.2 Å². The van der Waals surface area contributed by atoms with E-state index in [-0.39, 0.29) is 6.42 Å². The molecule has 3 N–H and O–H groups in total. The van der Waals surface area contributed by atoms with Crippen molar-refractivity contribution < 1.29 is 9.50 Å². The van der Waals surface area contributed by atoms with Crippen LogP contribution in [0.25, 0.3) is 0 Å². The molecule has 1 atom stereocenters. The fourth-order valence-electron chi connectivity index (χ4n) is 0.711. The molecule has 3 heteroatoms. The molecule has 1 aliphatic rings. The SMILES string of the molecule is N[C@H](F)CC1(O)CC1. The molecule has 1 fully saturated rings. The normalized spacial score (nSPS) is 27.4. The van der Waals surface area contributed by atoms with Gasteiger partial charge in [-0.2, -0.15) is 0 Å². The Kier molecular flexibility index (Phi) is 1.25. The molecule has 8 heavy (non-hydrogen) atoms. The zero-order chi connectivity index (χ0) is 6.20. The minimum Gasteiger partial charge on any atom is -0.390 e. The van der Waals surface area contributed by atoms with E-state index in [1.807, 2.05) is 0 Å². The third-order valence-corrected chi connectivity index (χ3v) is 1.40. The van der Waals surface area contributed by atoms with Gasteiger partial charge in [-0.3, -0.25) is 0 Å².